The SMILES string of the molecule is Cn1ccc2cc(-c3ccc4nc(NC(=O)[C@H]5CCN(C(=O)OC(C)(C)C)C5)sc4c3)ccc21. The van der Waals surface area contributed by atoms with Gasteiger partial charge in [0.15, 0.2) is 5.13 Å². The quantitative estimate of drug-likeness (QED) is 0.415. The van der Waals surface area contributed by atoms with Crippen molar-refractivity contribution in [2.45, 2.75) is 32.8 Å². The molecular weight excluding hydrogens is 448 g/mol. The molecule has 4 aromatic rings. The van der Waals surface area contributed by atoms with Crippen LogP contribution in [0.1, 0.15) is 27.2 Å². The molecule has 0 aliphatic carbocycles. The van der Waals surface area contributed by atoms with Gasteiger partial charge < -0.3 is 19.5 Å². The maximum absolute atomic E-state index is 12.8. The molecule has 2 aromatic heterocycles. The van der Waals surface area contributed by atoms with Gasteiger partial charge in [0.2, 0.25) is 5.91 Å². The fraction of sp³-hybridized carbons (Fsp3) is 0.346. The second-order valence-electron chi connectivity index (χ2n) is 9.80. The van der Waals surface area contributed by atoms with Crippen molar-refractivity contribution in [3.8, 4) is 11.1 Å². The summed E-state index contributed by atoms with van der Waals surface area (Å²) in [7, 11) is 2.04. The number of amides is 2. The lowest BCUT2D eigenvalue weighted by Gasteiger charge is -2.24. The highest BCUT2D eigenvalue weighted by atomic mass is 32.1. The second-order valence-corrected chi connectivity index (χ2v) is 10.8. The molecule has 1 aliphatic rings. The summed E-state index contributed by atoms with van der Waals surface area (Å²) >= 11 is 1.46. The van der Waals surface area contributed by atoms with Crippen LogP contribution in [0, 0.1) is 5.92 Å². The van der Waals surface area contributed by atoms with Crippen molar-refractivity contribution in [3.63, 3.8) is 0 Å². The number of fused-ring (bicyclic) bond motifs is 2. The van der Waals surface area contributed by atoms with E-state index in [1.807, 2.05) is 33.9 Å². The van der Waals surface area contributed by atoms with Crippen molar-refractivity contribution in [1.82, 2.24) is 14.5 Å². The van der Waals surface area contributed by atoms with Crippen LogP contribution in [0.4, 0.5) is 9.93 Å². The van der Waals surface area contributed by atoms with Gasteiger partial charge in [0.05, 0.1) is 16.1 Å². The Balaban J connectivity index is 1.28. The first-order valence-electron chi connectivity index (χ1n) is 11.4. The minimum atomic E-state index is -0.551. The minimum absolute atomic E-state index is 0.111. The van der Waals surface area contributed by atoms with Crippen molar-refractivity contribution in [1.29, 1.82) is 0 Å². The van der Waals surface area contributed by atoms with Crippen molar-refractivity contribution >= 4 is 49.6 Å². The Kier molecular flexibility index (Phi) is 5.56. The van der Waals surface area contributed by atoms with E-state index in [0.29, 0.717) is 24.6 Å². The number of benzene rings is 2. The molecule has 176 valence electrons. The highest BCUT2D eigenvalue weighted by Crippen LogP contribution is 2.32. The number of thiazole rings is 1. The van der Waals surface area contributed by atoms with E-state index in [2.05, 4.69) is 57.5 Å². The fourth-order valence-electron chi connectivity index (χ4n) is 4.29. The van der Waals surface area contributed by atoms with E-state index in [0.717, 1.165) is 21.3 Å². The van der Waals surface area contributed by atoms with Crippen LogP contribution in [0.15, 0.2) is 48.7 Å². The number of ether oxygens (including phenoxy) is 1. The molecule has 0 bridgehead atoms. The normalized spacial score (nSPS) is 16.4. The van der Waals surface area contributed by atoms with Crippen LogP contribution in [-0.4, -0.2) is 45.1 Å². The molecule has 2 aromatic carbocycles. The monoisotopic (exact) mass is 476 g/mol. The van der Waals surface area contributed by atoms with Crippen molar-refractivity contribution in [3.05, 3.63) is 48.7 Å². The molecule has 5 rings (SSSR count). The third-order valence-electron chi connectivity index (χ3n) is 6.05. The lowest BCUT2D eigenvalue weighted by molar-refractivity contribution is -0.119. The van der Waals surface area contributed by atoms with Crippen LogP contribution >= 0.6 is 11.3 Å². The Bertz CT molecular complexity index is 1400. The third-order valence-corrected chi connectivity index (χ3v) is 6.98. The Morgan fingerprint density at radius 3 is 2.68 bits per heavy atom. The molecule has 1 N–H and O–H groups in total. The number of aromatic nitrogens is 2. The van der Waals surface area contributed by atoms with Crippen LogP contribution in [0.3, 0.4) is 0 Å². The molecule has 0 saturated carbocycles. The number of carbonyl (C=O) groups is 2. The van der Waals surface area contributed by atoms with Crippen LogP contribution in [0.25, 0.3) is 32.2 Å². The van der Waals surface area contributed by atoms with Gasteiger partial charge >= 0.3 is 6.09 Å². The van der Waals surface area contributed by atoms with Crippen LogP contribution < -0.4 is 5.32 Å². The lowest BCUT2D eigenvalue weighted by Crippen LogP contribution is -2.36. The van der Waals surface area contributed by atoms with Gasteiger partial charge in [-0.05, 0) is 68.7 Å². The molecule has 2 amide bonds. The Morgan fingerprint density at radius 2 is 1.88 bits per heavy atom. The number of hydrogen-bond acceptors (Lipinski definition) is 5. The maximum atomic E-state index is 12.8. The van der Waals surface area contributed by atoms with Gasteiger partial charge in [0, 0.05) is 37.2 Å². The highest BCUT2D eigenvalue weighted by Gasteiger charge is 2.33. The first kappa shape index (κ1) is 22.4. The van der Waals surface area contributed by atoms with Gasteiger partial charge in [0.1, 0.15) is 5.60 Å². The predicted molar refractivity (Wildman–Crippen MR) is 136 cm³/mol. The molecule has 8 heteroatoms. The molecular formula is C26H28N4O3S. The standard InChI is InChI=1S/C26H28N4O3S/c1-26(2,3)33-25(32)30-12-10-19(15-30)23(31)28-24-27-20-7-5-17(14-22(20)34-24)16-6-8-21-18(13-16)9-11-29(21)4/h5-9,11,13-14,19H,10,12,15H2,1-4H3,(H,27,28,31)/t19-/m0/s1. The van der Waals surface area contributed by atoms with Gasteiger partial charge in [-0.15, -0.1) is 0 Å². The molecule has 0 spiro atoms. The van der Waals surface area contributed by atoms with E-state index in [9.17, 15) is 9.59 Å². The van der Waals surface area contributed by atoms with Crippen LogP contribution in [-0.2, 0) is 16.6 Å². The van der Waals surface area contributed by atoms with Gasteiger partial charge in [-0.25, -0.2) is 9.78 Å². The number of likely N-dealkylation sites (tertiary alicyclic amines) is 1. The van der Waals surface area contributed by atoms with E-state index in [1.165, 1.54) is 22.2 Å². The average molecular weight is 477 g/mol. The molecule has 1 atom stereocenters. The first-order valence-corrected chi connectivity index (χ1v) is 12.2. The number of aryl methyl sites for hydroxylation is 1. The van der Waals surface area contributed by atoms with Gasteiger partial charge in [-0.2, -0.15) is 0 Å². The maximum Gasteiger partial charge on any atom is 0.410 e. The van der Waals surface area contributed by atoms with Gasteiger partial charge in [-0.3, -0.25) is 4.79 Å². The summed E-state index contributed by atoms with van der Waals surface area (Å²) in [6.45, 7) is 6.39. The van der Waals surface area contributed by atoms with Crippen LogP contribution in [0.5, 0.6) is 0 Å². The number of nitrogens with one attached hydrogen (secondary N) is 1. The smallest absolute Gasteiger partial charge is 0.410 e. The summed E-state index contributed by atoms with van der Waals surface area (Å²) in [5.41, 5.74) is 3.76. The second kappa shape index (κ2) is 8.43. The summed E-state index contributed by atoms with van der Waals surface area (Å²) in [6, 6.07) is 14.7. The zero-order valence-corrected chi connectivity index (χ0v) is 20.6. The summed E-state index contributed by atoms with van der Waals surface area (Å²) < 4.78 is 8.55. The van der Waals surface area contributed by atoms with Gasteiger partial charge in [-0.1, -0.05) is 23.5 Å². The summed E-state index contributed by atoms with van der Waals surface area (Å²) in [6.07, 6.45) is 2.30. The molecule has 0 radical (unpaired) electrons. The van der Waals surface area contributed by atoms with Crippen molar-refractivity contribution in [2.75, 3.05) is 18.4 Å². The van der Waals surface area contributed by atoms with E-state index < -0.39 is 5.60 Å². The van der Waals surface area contributed by atoms with Crippen molar-refractivity contribution in [2.24, 2.45) is 13.0 Å². The molecule has 3 heterocycles. The Labute approximate surface area is 202 Å². The summed E-state index contributed by atoms with van der Waals surface area (Å²) in [4.78, 5) is 31.3. The Hall–Kier alpha value is -3.39. The predicted octanol–water partition coefficient (Wildman–Crippen LogP) is 5.65. The zero-order valence-electron chi connectivity index (χ0n) is 19.8. The van der Waals surface area contributed by atoms with E-state index in [4.69, 9.17) is 4.74 Å². The van der Waals surface area contributed by atoms with Crippen molar-refractivity contribution < 1.29 is 14.3 Å². The van der Waals surface area contributed by atoms with E-state index in [1.54, 1.807) is 4.90 Å². The number of nitrogens with zero attached hydrogens (tertiary/aromatic N) is 3. The van der Waals surface area contributed by atoms with Gasteiger partial charge in [0.25, 0.3) is 0 Å². The topological polar surface area (TPSA) is 76.5 Å². The summed E-state index contributed by atoms with van der Waals surface area (Å²) in [5, 5.41) is 4.73. The average Bonchev–Trinajstić information content (AvgIpc) is 3.50. The minimum Gasteiger partial charge on any atom is -0.444 e. The fourth-order valence-corrected chi connectivity index (χ4v) is 5.20. The largest absolute Gasteiger partial charge is 0.444 e. The Morgan fingerprint density at radius 1 is 1.12 bits per heavy atom. The highest BCUT2D eigenvalue weighted by molar-refractivity contribution is 7.22. The van der Waals surface area contributed by atoms with E-state index >= 15 is 0 Å². The number of hydrogen-bond donors (Lipinski definition) is 1. The zero-order chi connectivity index (χ0) is 24.0. The molecule has 1 saturated heterocycles. The molecule has 1 fully saturated rings. The molecule has 7 nitrogen and oxygen atoms in total. The third kappa shape index (κ3) is 4.50. The number of carbonyl (C=O) groups excluding carboxylic acids is 2. The molecule has 1 aliphatic heterocycles. The van der Waals surface area contributed by atoms with Crippen LogP contribution in [0.2, 0.25) is 0 Å². The number of rotatable bonds is 3. The van der Waals surface area contributed by atoms with E-state index in [-0.39, 0.29) is 17.9 Å². The molecule has 34 heavy (non-hydrogen) atoms. The first-order chi connectivity index (χ1) is 16.2. The molecule has 0 unspecified atom stereocenters. The lowest BCUT2D eigenvalue weighted by atomic mass is 10.0. The summed E-state index contributed by atoms with van der Waals surface area (Å²) in [5.74, 6) is -0.382. The number of anilines is 1.